The largest absolute Gasteiger partial charge is 0.375 e. The SMILES string of the molecule is CCN1CCC(=O)C=C1C. The van der Waals surface area contributed by atoms with Crippen molar-refractivity contribution in [3.05, 3.63) is 11.8 Å². The van der Waals surface area contributed by atoms with Gasteiger partial charge in [-0.3, -0.25) is 4.79 Å². The molecule has 0 amide bonds. The van der Waals surface area contributed by atoms with E-state index in [2.05, 4.69) is 11.8 Å². The molecule has 0 fully saturated rings. The number of carbonyl (C=O) groups is 1. The summed E-state index contributed by atoms with van der Waals surface area (Å²) < 4.78 is 0. The summed E-state index contributed by atoms with van der Waals surface area (Å²) in [7, 11) is 0. The Morgan fingerprint density at radius 3 is 2.90 bits per heavy atom. The van der Waals surface area contributed by atoms with Gasteiger partial charge < -0.3 is 4.90 Å². The second-order valence-corrected chi connectivity index (χ2v) is 2.58. The van der Waals surface area contributed by atoms with Gasteiger partial charge in [0.1, 0.15) is 0 Å². The summed E-state index contributed by atoms with van der Waals surface area (Å²) >= 11 is 0. The first-order valence-corrected chi connectivity index (χ1v) is 3.70. The van der Waals surface area contributed by atoms with Crippen molar-refractivity contribution in [3.8, 4) is 0 Å². The number of ketones is 1. The molecular formula is C8H13NO. The van der Waals surface area contributed by atoms with E-state index in [4.69, 9.17) is 0 Å². The van der Waals surface area contributed by atoms with Gasteiger partial charge in [-0.15, -0.1) is 0 Å². The predicted octanol–water partition coefficient (Wildman–Crippen LogP) is 1.18. The Morgan fingerprint density at radius 2 is 2.40 bits per heavy atom. The second-order valence-electron chi connectivity index (χ2n) is 2.58. The molecule has 0 atom stereocenters. The van der Waals surface area contributed by atoms with E-state index in [0.717, 1.165) is 18.8 Å². The molecule has 0 aromatic carbocycles. The van der Waals surface area contributed by atoms with Crippen LogP contribution in [0.1, 0.15) is 20.3 Å². The fourth-order valence-electron chi connectivity index (χ4n) is 1.23. The van der Waals surface area contributed by atoms with Gasteiger partial charge in [0.15, 0.2) is 5.78 Å². The molecular weight excluding hydrogens is 126 g/mol. The first kappa shape index (κ1) is 7.32. The maximum absolute atomic E-state index is 10.8. The molecule has 0 N–H and O–H groups in total. The number of carbonyl (C=O) groups excluding carboxylic acids is 1. The summed E-state index contributed by atoms with van der Waals surface area (Å²) in [4.78, 5) is 13.0. The van der Waals surface area contributed by atoms with E-state index in [1.54, 1.807) is 6.08 Å². The van der Waals surface area contributed by atoms with Crippen molar-refractivity contribution in [3.63, 3.8) is 0 Å². The van der Waals surface area contributed by atoms with Crippen LogP contribution >= 0.6 is 0 Å². The maximum atomic E-state index is 10.8. The first-order valence-electron chi connectivity index (χ1n) is 3.70. The molecule has 10 heavy (non-hydrogen) atoms. The fourth-order valence-corrected chi connectivity index (χ4v) is 1.23. The van der Waals surface area contributed by atoms with Gasteiger partial charge >= 0.3 is 0 Å². The molecule has 0 aliphatic carbocycles. The highest BCUT2D eigenvalue weighted by atomic mass is 16.1. The summed E-state index contributed by atoms with van der Waals surface area (Å²) in [6.45, 7) is 6.00. The zero-order valence-corrected chi connectivity index (χ0v) is 6.55. The van der Waals surface area contributed by atoms with Gasteiger partial charge in [0.05, 0.1) is 0 Å². The third-order valence-electron chi connectivity index (χ3n) is 1.88. The highest BCUT2D eigenvalue weighted by Crippen LogP contribution is 2.10. The van der Waals surface area contributed by atoms with Gasteiger partial charge in [-0.1, -0.05) is 0 Å². The molecule has 0 saturated carbocycles. The summed E-state index contributed by atoms with van der Waals surface area (Å²) in [5, 5.41) is 0. The Bertz CT molecular complexity index is 172. The van der Waals surface area contributed by atoms with Crippen LogP contribution in [0.5, 0.6) is 0 Å². The average molecular weight is 139 g/mol. The third-order valence-corrected chi connectivity index (χ3v) is 1.88. The molecule has 0 bridgehead atoms. The van der Waals surface area contributed by atoms with Gasteiger partial charge in [-0.25, -0.2) is 0 Å². The van der Waals surface area contributed by atoms with Crippen molar-refractivity contribution in [2.45, 2.75) is 20.3 Å². The molecule has 1 heterocycles. The zero-order chi connectivity index (χ0) is 7.56. The average Bonchev–Trinajstić information content (AvgIpc) is 1.88. The quantitative estimate of drug-likeness (QED) is 0.543. The summed E-state index contributed by atoms with van der Waals surface area (Å²) in [5.41, 5.74) is 1.11. The van der Waals surface area contributed by atoms with Gasteiger partial charge in [0.25, 0.3) is 0 Å². The van der Waals surface area contributed by atoms with Crippen LogP contribution in [0.3, 0.4) is 0 Å². The lowest BCUT2D eigenvalue weighted by Crippen LogP contribution is -2.28. The molecule has 2 heteroatoms. The number of allylic oxidation sites excluding steroid dienone is 2. The van der Waals surface area contributed by atoms with Crippen LogP contribution in [0, 0.1) is 0 Å². The lowest BCUT2D eigenvalue weighted by molar-refractivity contribution is -0.115. The first-order chi connectivity index (χ1) is 4.74. The van der Waals surface area contributed by atoms with Crippen molar-refractivity contribution in [1.82, 2.24) is 4.90 Å². The summed E-state index contributed by atoms with van der Waals surface area (Å²) in [6, 6.07) is 0. The highest BCUT2D eigenvalue weighted by molar-refractivity contribution is 5.91. The van der Waals surface area contributed by atoms with Gasteiger partial charge in [-0.2, -0.15) is 0 Å². The molecule has 1 aliphatic rings. The number of nitrogens with zero attached hydrogens (tertiary/aromatic N) is 1. The topological polar surface area (TPSA) is 20.3 Å². The number of hydrogen-bond acceptors (Lipinski definition) is 2. The molecule has 2 nitrogen and oxygen atoms in total. The number of hydrogen-bond donors (Lipinski definition) is 0. The van der Waals surface area contributed by atoms with E-state index in [-0.39, 0.29) is 5.78 Å². The predicted molar refractivity (Wildman–Crippen MR) is 40.6 cm³/mol. The normalized spacial score (nSPS) is 19.2. The van der Waals surface area contributed by atoms with Crippen LogP contribution in [0.4, 0.5) is 0 Å². The van der Waals surface area contributed by atoms with E-state index in [0.29, 0.717) is 6.42 Å². The van der Waals surface area contributed by atoms with Crippen LogP contribution in [-0.4, -0.2) is 23.8 Å². The second kappa shape index (κ2) is 2.86. The van der Waals surface area contributed by atoms with Crippen molar-refractivity contribution < 1.29 is 4.79 Å². The molecule has 1 aliphatic heterocycles. The highest BCUT2D eigenvalue weighted by Gasteiger charge is 2.11. The Kier molecular flexibility index (Phi) is 2.10. The van der Waals surface area contributed by atoms with E-state index in [1.807, 2.05) is 6.92 Å². The lowest BCUT2D eigenvalue weighted by atomic mass is 10.1. The molecule has 56 valence electrons. The monoisotopic (exact) mass is 139 g/mol. The molecule has 0 spiro atoms. The molecule has 0 aromatic rings. The lowest BCUT2D eigenvalue weighted by Gasteiger charge is -2.26. The van der Waals surface area contributed by atoms with Crippen molar-refractivity contribution in [1.29, 1.82) is 0 Å². The standard InChI is InChI=1S/C8H13NO/c1-3-9-5-4-8(10)6-7(9)2/h6H,3-5H2,1-2H3. The molecule has 0 saturated heterocycles. The molecule has 0 radical (unpaired) electrons. The Labute approximate surface area is 61.5 Å². The van der Waals surface area contributed by atoms with Crippen LogP contribution in [0.15, 0.2) is 11.8 Å². The fraction of sp³-hybridized carbons (Fsp3) is 0.625. The van der Waals surface area contributed by atoms with E-state index in [1.165, 1.54) is 0 Å². The maximum Gasteiger partial charge on any atom is 0.159 e. The Balaban J connectivity index is 2.67. The van der Waals surface area contributed by atoms with Crippen LogP contribution in [0.25, 0.3) is 0 Å². The van der Waals surface area contributed by atoms with E-state index in [9.17, 15) is 4.79 Å². The number of rotatable bonds is 1. The van der Waals surface area contributed by atoms with Crippen molar-refractivity contribution >= 4 is 5.78 Å². The van der Waals surface area contributed by atoms with Gasteiger partial charge in [0.2, 0.25) is 0 Å². The minimum atomic E-state index is 0.266. The van der Waals surface area contributed by atoms with Gasteiger partial charge in [-0.05, 0) is 19.9 Å². The molecule has 1 rings (SSSR count). The minimum Gasteiger partial charge on any atom is -0.375 e. The smallest absolute Gasteiger partial charge is 0.159 e. The molecule has 0 unspecified atom stereocenters. The van der Waals surface area contributed by atoms with E-state index >= 15 is 0 Å². The van der Waals surface area contributed by atoms with Crippen LogP contribution < -0.4 is 0 Å². The van der Waals surface area contributed by atoms with Crippen LogP contribution in [-0.2, 0) is 4.79 Å². The van der Waals surface area contributed by atoms with Crippen molar-refractivity contribution in [2.24, 2.45) is 0 Å². The van der Waals surface area contributed by atoms with E-state index < -0.39 is 0 Å². The van der Waals surface area contributed by atoms with Crippen LogP contribution in [0.2, 0.25) is 0 Å². The Morgan fingerprint density at radius 1 is 1.70 bits per heavy atom. The van der Waals surface area contributed by atoms with Crippen molar-refractivity contribution in [2.75, 3.05) is 13.1 Å². The minimum absolute atomic E-state index is 0.266. The third kappa shape index (κ3) is 1.38. The summed E-state index contributed by atoms with van der Waals surface area (Å²) in [5.74, 6) is 0.266. The Hall–Kier alpha value is -0.790. The summed E-state index contributed by atoms with van der Waals surface area (Å²) in [6.07, 6.45) is 2.41. The van der Waals surface area contributed by atoms with Gasteiger partial charge in [0, 0.05) is 25.2 Å². The zero-order valence-electron chi connectivity index (χ0n) is 6.55. The molecule has 0 aromatic heterocycles.